The number of urea groups is 1. The number of likely N-dealkylation sites (tertiary alicyclic amines) is 1. The average molecular weight is 378 g/mol. The summed E-state index contributed by atoms with van der Waals surface area (Å²) in [7, 11) is 0. The Morgan fingerprint density at radius 3 is 2.61 bits per heavy atom. The van der Waals surface area contributed by atoms with Crippen LogP contribution in [0.15, 0.2) is 48.8 Å². The molecule has 1 spiro atoms. The molecule has 2 fully saturated rings. The summed E-state index contributed by atoms with van der Waals surface area (Å²) in [4.78, 5) is 30.9. The highest BCUT2D eigenvalue weighted by Gasteiger charge is 2.61. The van der Waals surface area contributed by atoms with Gasteiger partial charge >= 0.3 is 6.03 Å². The summed E-state index contributed by atoms with van der Waals surface area (Å²) in [5.41, 5.74) is 3.06. The molecule has 146 valence electrons. The van der Waals surface area contributed by atoms with Crippen LogP contribution in [-0.4, -0.2) is 34.9 Å². The van der Waals surface area contributed by atoms with Crippen LogP contribution in [0.4, 0.5) is 10.5 Å². The van der Waals surface area contributed by atoms with Gasteiger partial charge in [-0.05, 0) is 54.7 Å². The first-order valence-electron chi connectivity index (χ1n) is 9.91. The zero-order valence-corrected chi connectivity index (χ0v) is 16.1. The molecule has 1 aromatic heterocycles. The minimum Gasteiger partial charge on any atom is -0.352 e. The Hall–Kier alpha value is -2.89. The van der Waals surface area contributed by atoms with Gasteiger partial charge in [0, 0.05) is 49.0 Å². The number of anilines is 1. The lowest BCUT2D eigenvalue weighted by molar-refractivity contribution is -0.123. The van der Waals surface area contributed by atoms with Gasteiger partial charge in [-0.3, -0.25) is 9.78 Å². The normalized spacial score (nSPS) is 22.9. The number of nitrogens with zero attached hydrogens (tertiary/aromatic N) is 2. The van der Waals surface area contributed by atoms with Crippen LogP contribution < -0.4 is 10.6 Å². The zero-order valence-electron chi connectivity index (χ0n) is 16.1. The molecular formula is C22H26N4O2. The van der Waals surface area contributed by atoms with E-state index in [2.05, 4.69) is 22.5 Å². The SMILES string of the molecule is CCc1ccc(NC(=O)N2CC[C@]3(C[C@H]3C(=O)NCc3ccncc3)C2)cc1. The quantitative estimate of drug-likeness (QED) is 0.839. The minimum absolute atomic E-state index is 0.0102. The van der Waals surface area contributed by atoms with E-state index in [4.69, 9.17) is 0 Å². The molecule has 0 unspecified atom stereocenters. The van der Waals surface area contributed by atoms with Crippen molar-refractivity contribution in [2.24, 2.45) is 11.3 Å². The van der Waals surface area contributed by atoms with E-state index in [9.17, 15) is 9.59 Å². The molecule has 0 radical (unpaired) electrons. The van der Waals surface area contributed by atoms with E-state index >= 15 is 0 Å². The topological polar surface area (TPSA) is 74.3 Å². The highest BCUT2D eigenvalue weighted by Crippen LogP contribution is 2.58. The monoisotopic (exact) mass is 378 g/mol. The number of aromatic nitrogens is 1. The number of rotatable bonds is 5. The van der Waals surface area contributed by atoms with Crippen molar-refractivity contribution in [3.63, 3.8) is 0 Å². The number of hydrogen-bond acceptors (Lipinski definition) is 3. The molecule has 6 nitrogen and oxygen atoms in total. The van der Waals surface area contributed by atoms with E-state index in [0.717, 1.165) is 30.5 Å². The number of nitrogens with one attached hydrogen (secondary N) is 2. The Bertz CT molecular complexity index is 853. The van der Waals surface area contributed by atoms with Crippen molar-refractivity contribution in [2.75, 3.05) is 18.4 Å². The molecule has 1 aromatic carbocycles. The van der Waals surface area contributed by atoms with Gasteiger partial charge in [0.2, 0.25) is 5.91 Å². The number of aryl methyl sites for hydroxylation is 1. The third-order valence-electron chi connectivity index (χ3n) is 6.01. The fourth-order valence-corrected chi connectivity index (χ4v) is 4.08. The highest BCUT2D eigenvalue weighted by atomic mass is 16.2. The van der Waals surface area contributed by atoms with Gasteiger partial charge in [0.1, 0.15) is 0 Å². The third kappa shape index (κ3) is 3.86. The zero-order chi connectivity index (χ0) is 19.6. The summed E-state index contributed by atoms with van der Waals surface area (Å²) in [6.45, 7) is 3.98. The third-order valence-corrected chi connectivity index (χ3v) is 6.01. The molecule has 1 saturated heterocycles. The van der Waals surface area contributed by atoms with E-state index in [1.807, 2.05) is 41.3 Å². The fraction of sp³-hybridized carbons (Fsp3) is 0.409. The molecule has 2 heterocycles. The minimum atomic E-state index is -0.0797. The number of amides is 3. The Balaban J connectivity index is 1.27. The molecule has 2 N–H and O–H groups in total. The predicted octanol–water partition coefficient (Wildman–Crippen LogP) is 3.20. The van der Waals surface area contributed by atoms with Gasteiger partial charge in [-0.15, -0.1) is 0 Å². The Morgan fingerprint density at radius 2 is 1.89 bits per heavy atom. The number of pyridine rings is 1. The smallest absolute Gasteiger partial charge is 0.321 e. The van der Waals surface area contributed by atoms with Gasteiger partial charge in [-0.25, -0.2) is 4.79 Å². The van der Waals surface area contributed by atoms with E-state index in [0.29, 0.717) is 19.6 Å². The molecular weight excluding hydrogens is 352 g/mol. The lowest BCUT2D eigenvalue weighted by atomic mass is 10.0. The molecule has 1 aliphatic heterocycles. The maximum absolute atomic E-state index is 12.6. The summed E-state index contributed by atoms with van der Waals surface area (Å²) < 4.78 is 0. The van der Waals surface area contributed by atoms with Crippen LogP contribution in [0.25, 0.3) is 0 Å². The second kappa shape index (κ2) is 7.62. The van der Waals surface area contributed by atoms with Crippen LogP contribution in [0.3, 0.4) is 0 Å². The van der Waals surface area contributed by atoms with Crippen molar-refractivity contribution in [1.82, 2.24) is 15.2 Å². The van der Waals surface area contributed by atoms with Gasteiger partial charge in [0.25, 0.3) is 0 Å². The van der Waals surface area contributed by atoms with Crippen LogP contribution >= 0.6 is 0 Å². The van der Waals surface area contributed by atoms with Crippen LogP contribution in [-0.2, 0) is 17.8 Å². The van der Waals surface area contributed by atoms with E-state index < -0.39 is 0 Å². The predicted molar refractivity (Wildman–Crippen MR) is 108 cm³/mol. The van der Waals surface area contributed by atoms with Crippen LogP contribution in [0.1, 0.15) is 30.9 Å². The Labute approximate surface area is 165 Å². The molecule has 2 aromatic rings. The average Bonchev–Trinajstić information content (AvgIpc) is 3.26. The van der Waals surface area contributed by atoms with Gasteiger partial charge in [-0.2, -0.15) is 0 Å². The maximum atomic E-state index is 12.6. The van der Waals surface area contributed by atoms with Crippen LogP contribution in [0.2, 0.25) is 0 Å². The van der Waals surface area contributed by atoms with Crippen molar-refractivity contribution in [3.8, 4) is 0 Å². The maximum Gasteiger partial charge on any atom is 0.321 e. The first-order chi connectivity index (χ1) is 13.6. The molecule has 6 heteroatoms. The fourth-order valence-electron chi connectivity index (χ4n) is 4.08. The molecule has 0 bridgehead atoms. The summed E-state index contributed by atoms with van der Waals surface area (Å²) in [6.07, 6.45) is 6.19. The van der Waals surface area contributed by atoms with Gasteiger partial charge in [0.15, 0.2) is 0 Å². The Kier molecular flexibility index (Phi) is 5.03. The molecule has 1 aliphatic carbocycles. The van der Waals surface area contributed by atoms with Crippen molar-refractivity contribution < 1.29 is 9.59 Å². The van der Waals surface area contributed by atoms with Crippen molar-refractivity contribution in [2.45, 2.75) is 32.7 Å². The lowest BCUT2D eigenvalue weighted by Gasteiger charge is -2.18. The summed E-state index contributed by atoms with van der Waals surface area (Å²) in [5, 5.41) is 5.99. The number of carbonyl (C=O) groups excluding carboxylic acids is 2. The largest absolute Gasteiger partial charge is 0.352 e. The Morgan fingerprint density at radius 1 is 1.14 bits per heavy atom. The van der Waals surface area contributed by atoms with Gasteiger partial charge in [0.05, 0.1) is 0 Å². The van der Waals surface area contributed by atoms with E-state index in [1.54, 1.807) is 12.4 Å². The standard InChI is InChI=1S/C22H26N4O2/c1-2-16-3-5-18(6-4-16)25-21(28)26-12-9-22(15-26)13-19(22)20(27)24-14-17-7-10-23-11-8-17/h3-8,10-11,19H,2,9,12-15H2,1H3,(H,24,27)(H,25,28)/t19-,22-/m0/s1. The molecule has 28 heavy (non-hydrogen) atoms. The van der Waals surface area contributed by atoms with E-state index in [-0.39, 0.29) is 23.3 Å². The number of benzene rings is 1. The van der Waals surface area contributed by atoms with Crippen molar-refractivity contribution >= 4 is 17.6 Å². The molecule has 1 saturated carbocycles. The molecule has 2 aliphatic rings. The molecule has 4 rings (SSSR count). The number of carbonyl (C=O) groups is 2. The first-order valence-corrected chi connectivity index (χ1v) is 9.91. The van der Waals surface area contributed by atoms with Crippen molar-refractivity contribution in [3.05, 3.63) is 59.9 Å². The first kappa shape index (κ1) is 18.5. The highest BCUT2D eigenvalue weighted by molar-refractivity contribution is 5.90. The lowest BCUT2D eigenvalue weighted by Crippen LogP contribution is -2.34. The summed E-state index contributed by atoms with van der Waals surface area (Å²) >= 11 is 0. The summed E-state index contributed by atoms with van der Waals surface area (Å²) in [5.74, 6) is 0.102. The summed E-state index contributed by atoms with van der Waals surface area (Å²) in [6, 6.07) is 11.7. The van der Waals surface area contributed by atoms with Crippen LogP contribution in [0.5, 0.6) is 0 Å². The van der Waals surface area contributed by atoms with Crippen LogP contribution in [0, 0.1) is 11.3 Å². The van der Waals surface area contributed by atoms with Gasteiger partial charge < -0.3 is 15.5 Å². The van der Waals surface area contributed by atoms with Gasteiger partial charge in [-0.1, -0.05) is 19.1 Å². The molecule has 2 atom stereocenters. The second-order valence-electron chi connectivity index (χ2n) is 7.84. The number of hydrogen-bond donors (Lipinski definition) is 2. The molecule has 3 amide bonds. The van der Waals surface area contributed by atoms with E-state index in [1.165, 1.54) is 5.56 Å². The second-order valence-corrected chi connectivity index (χ2v) is 7.84. The van der Waals surface area contributed by atoms with Crippen molar-refractivity contribution in [1.29, 1.82) is 0 Å².